The van der Waals surface area contributed by atoms with Gasteiger partial charge in [-0.25, -0.2) is 0 Å². The van der Waals surface area contributed by atoms with E-state index in [1.807, 2.05) is 11.3 Å². The summed E-state index contributed by atoms with van der Waals surface area (Å²) in [6.45, 7) is 5.17. The molecule has 1 aliphatic heterocycles. The molecule has 2 N–H and O–H groups in total. The largest absolute Gasteiger partial charge is 0.357 e. The van der Waals surface area contributed by atoms with Gasteiger partial charge in [0.1, 0.15) is 0 Å². The average molecular weight is 448 g/mol. The summed E-state index contributed by atoms with van der Waals surface area (Å²) in [5.41, 5.74) is 0. The van der Waals surface area contributed by atoms with Crippen molar-refractivity contribution in [1.29, 1.82) is 0 Å². The van der Waals surface area contributed by atoms with Crippen molar-refractivity contribution in [1.82, 2.24) is 15.5 Å². The fourth-order valence-electron chi connectivity index (χ4n) is 3.31. The van der Waals surface area contributed by atoms with E-state index in [1.165, 1.54) is 37.1 Å². The Bertz CT molecular complexity index is 487. The Balaban J connectivity index is 0.00000192. The van der Waals surface area contributed by atoms with E-state index < -0.39 is 0 Å². The molecule has 23 heavy (non-hydrogen) atoms. The highest BCUT2D eigenvalue weighted by molar-refractivity contribution is 14.0. The van der Waals surface area contributed by atoms with E-state index in [0.717, 1.165) is 19.0 Å². The number of nitrogens with zero attached hydrogens (tertiary/aromatic N) is 2. The molecule has 1 aliphatic carbocycles. The molecule has 1 aromatic rings. The van der Waals surface area contributed by atoms with Crippen LogP contribution in [0.2, 0.25) is 0 Å². The number of halogens is 1. The fraction of sp³-hybridized carbons (Fsp3) is 0.706. The summed E-state index contributed by atoms with van der Waals surface area (Å²) < 4.78 is 0. The highest BCUT2D eigenvalue weighted by Crippen LogP contribution is 2.37. The van der Waals surface area contributed by atoms with Crippen molar-refractivity contribution in [3.05, 3.63) is 22.4 Å². The summed E-state index contributed by atoms with van der Waals surface area (Å²) in [5, 5.41) is 9.09. The minimum Gasteiger partial charge on any atom is -0.357 e. The molecule has 4 nitrogen and oxygen atoms in total. The molecule has 2 heterocycles. The summed E-state index contributed by atoms with van der Waals surface area (Å²) in [5.74, 6) is 1.62. The fourth-order valence-corrected chi connectivity index (χ4v) is 4.29. The molecule has 1 saturated carbocycles. The maximum atomic E-state index is 4.88. The van der Waals surface area contributed by atoms with Crippen molar-refractivity contribution >= 4 is 41.3 Å². The van der Waals surface area contributed by atoms with Gasteiger partial charge in [-0.05, 0) is 63.6 Å². The third-order valence-electron chi connectivity index (χ3n) is 4.59. The predicted octanol–water partition coefficient (Wildman–Crippen LogP) is 3.47. The average Bonchev–Trinajstić information content (AvgIpc) is 3.16. The number of hydrogen-bond acceptors (Lipinski definition) is 3. The number of thiophene rings is 1. The Kier molecular flexibility index (Phi) is 7.62. The van der Waals surface area contributed by atoms with Crippen LogP contribution in [-0.4, -0.2) is 43.6 Å². The van der Waals surface area contributed by atoms with Crippen LogP contribution in [0, 0.1) is 5.92 Å². The van der Waals surface area contributed by atoms with E-state index in [2.05, 4.69) is 47.0 Å². The number of piperidine rings is 1. The maximum Gasteiger partial charge on any atom is 0.191 e. The Hall–Kier alpha value is -0.340. The number of guanidine groups is 1. The molecule has 3 rings (SSSR count). The van der Waals surface area contributed by atoms with Crippen LogP contribution >= 0.6 is 35.3 Å². The van der Waals surface area contributed by atoms with Crippen LogP contribution in [0.4, 0.5) is 0 Å². The second-order valence-electron chi connectivity index (χ2n) is 6.48. The minimum atomic E-state index is 0. The van der Waals surface area contributed by atoms with Crippen molar-refractivity contribution in [2.45, 2.75) is 44.7 Å². The van der Waals surface area contributed by atoms with Gasteiger partial charge in [0, 0.05) is 30.1 Å². The van der Waals surface area contributed by atoms with Crippen LogP contribution in [0.15, 0.2) is 22.5 Å². The van der Waals surface area contributed by atoms with Gasteiger partial charge in [0.05, 0.1) is 0 Å². The molecule has 0 spiro atoms. The number of nitrogens with one attached hydrogen (secondary N) is 2. The Morgan fingerprint density at radius 3 is 2.87 bits per heavy atom. The van der Waals surface area contributed by atoms with Crippen LogP contribution in [0.25, 0.3) is 0 Å². The van der Waals surface area contributed by atoms with Crippen LogP contribution in [0.5, 0.6) is 0 Å². The van der Waals surface area contributed by atoms with Gasteiger partial charge in [-0.3, -0.25) is 9.89 Å². The lowest BCUT2D eigenvalue weighted by Gasteiger charge is -2.38. The summed E-state index contributed by atoms with van der Waals surface area (Å²) in [6, 6.07) is 5.63. The van der Waals surface area contributed by atoms with Gasteiger partial charge in [-0.2, -0.15) is 0 Å². The van der Waals surface area contributed by atoms with Gasteiger partial charge in [0.25, 0.3) is 0 Å². The van der Waals surface area contributed by atoms with Gasteiger partial charge < -0.3 is 10.6 Å². The molecule has 0 bridgehead atoms. The lowest BCUT2D eigenvalue weighted by Crippen LogP contribution is -2.40. The quantitative estimate of drug-likeness (QED) is 0.412. The van der Waals surface area contributed by atoms with E-state index in [4.69, 9.17) is 4.99 Å². The monoisotopic (exact) mass is 448 g/mol. The molecule has 2 aliphatic rings. The smallest absolute Gasteiger partial charge is 0.191 e. The lowest BCUT2D eigenvalue weighted by molar-refractivity contribution is 0.128. The molecule has 0 aromatic carbocycles. The van der Waals surface area contributed by atoms with Gasteiger partial charge in [0.2, 0.25) is 0 Å². The molecule has 0 amide bonds. The standard InChI is InChI=1S/C17H28N4S.HI/c1-3-18-17(20-14-8-9-14)19-12-13-6-4-10-21(2)16(13)15-7-5-11-22-15;/h5,7,11,13-14,16H,3-4,6,8-10,12H2,1-2H3,(H2,18,19,20);1H. The number of hydrogen-bond donors (Lipinski definition) is 2. The summed E-state index contributed by atoms with van der Waals surface area (Å²) in [4.78, 5) is 8.88. The number of aliphatic imine (C=N–C) groups is 1. The lowest BCUT2D eigenvalue weighted by atomic mass is 9.88. The Labute approximate surface area is 161 Å². The van der Waals surface area contributed by atoms with Crippen LogP contribution in [0.1, 0.15) is 43.5 Å². The van der Waals surface area contributed by atoms with E-state index in [9.17, 15) is 0 Å². The molecule has 6 heteroatoms. The molecule has 1 saturated heterocycles. The first-order valence-corrected chi connectivity index (χ1v) is 9.44. The zero-order valence-corrected chi connectivity index (χ0v) is 17.3. The molecule has 0 radical (unpaired) electrons. The van der Waals surface area contributed by atoms with Crippen molar-refractivity contribution in [2.24, 2.45) is 10.9 Å². The normalized spacial score (nSPS) is 25.7. The van der Waals surface area contributed by atoms with Gasteiger partial charge >= 0.3 is 0 Å². The van der Waals surface area contributed by atoms with Crippen molar-refractivity contribution < 1.29 is 0 Å². The van der Waals surface area contributed by atoms with Crippen molar-refractivity contribution in [2.75, 3.05) is 26.7 Å². The first-order chi connectivity index (χ1) is 10.8. The molecule has 130 valence electrons. The Morgan fingerprint density at radius 1 is 1.39 bits per heavy atom. The van der Waals surface area contributed by atoms with Crippen LogP contribution in [0.3, 0.4) is 0 Å². The van der Waals surface area contributed by atoms with E-state index >= 15 is 0 Å². The highest BCUT2D eigenvalue weighted by atomic mass is 127. The molecule has 2 fully saturated rings. The second-order valence-corrected chi connectivity index (χ2v) is 7.46. The van der Waals surface area contributed by atoms with Crippen LogP contribution in [-0.2, 0) is 0 Å². The molecule has 1 aromatic heterocycles. The zero-order valence-electron chi connectivity index (χ0n) is 14.1. The van der Waals surface area contributed by atoms with Crippen molar-refractivity contribution in [3.8, 4) is 0 Å². The first kappa shape index (κ1) is 19.0. The van der Waals surface area contributed by atoms with E-state index in [0.29, 0.717) is 18.0 Å². The molecule has 2 atom stereocenters. The molecular formula is C17H29IN4S. The molecular weight excluding hydrogens is 419 g/mol. The number of rotatable bonds is 5. The zero-order chi connectivity index (χ0) is 15.4. The van der Waals surface area contributed by atoms with Gasteiger partial charge in [0.15, 0.2) is 5.96 Å². The summed E-state index contributed by atoms with van der Waals surface area (Å²) >= 11 is 1.88. The number of likely N-dealkylation sites (tertiary alicyclic amines) is 1. The third-order valence-corrected chi connectivity index (χ3v) is 5.53. The predicted molar refractivity (Wildman–Crippen MR) is 110 cm³/mol. The van der Waals surface area contributed by atoms with E-state index in [-0.39, 0.29) is 24.0 Å². The minimum absolute atomic E-state index is 0. The summed E-state index contributed by atoms with van der Waals surface area (Å²) in [6.07, 6.45) is 5.13. The van der Waals surface area contributed by atoms with E-state index in [1.54, 1.807) is 0 Å². The van der Waals surface area contributed by atoms with Crippen LogP contribution < -0.4 is 10.6 Å². The summed E-state index contributed by atoms with van der Waals surface area (Å²) in [7, 11) is 2.26. The van der Waals surface area contributed by atoms with Crippen molar-refractivity contribution in [3.63, 3.8) is 0 Å². The second kappa shape index (κ2) is 9.22. The first-order valence-electron chi connectivity index (χ1n) is 8.56. The van der Waals surface area contributed by atoms with Gasteiger partial charge in [-0.1, -0.05) is 6.07 Å². The third kappa shape index (κ3) is 5.32. The van der Waals surface area contributed by atoms with Gasteiger partial charge in [-0.15, -0.1) is 35.3 Å². The SMILES string of the molecule is CCNC(=NCC1CCCN(C)C1c1cccs1)NC1CC1.I. The Morgan fingerprint density at radius 2 is 2.22 bits per heavy atom. The topological polar surface area (TPSA) is 39.7 Å². The highest BCUT2D eigenvalue weighted by Gasteiger charge is 2.31. The molecule has 2 unspecified atom stereocenters. The maximum absolute atomic E-state index is 4.88.